The summed E-state index contributed by atoms with van der Waals surface area (Å²) in [6, 6.07) is 12.0. The maximum absolute atomic E-state index is 13.5. The highest BCUT2D eigenvalue weighted by atomic mass is 32.2. The van der Waals surface area contributed by atoms with Crippen molar-refractivity contribution in [3.8, 4) is 0 Å². The Bertz CT molecular complexity index is 668. The third-order valence-electron chi connectivity index (χ3n) is 2.57. The molecule has 18 heavy (non-hydrogen) atoms. The topological polar surface area (TPSA) is 60.2 Å². The smallest absolute Gasteiger partial charge is 0.185 e. The standard InChI is InChI=1S/C13H12FNO2S/c14-11-6-2-4-8-13(11)18(16,17)9-10-5-1-3-7-12(10)15/h1-8H,9,15H2. The van der Waals surface area contributed by atoms with E-state index in [1.54, 1.807) is 24.3 Å². The van der Waals surface area contributed by atoms with Gasteiger partial charge in [-0.2, -0.15) is 0 Å². The molecule has 2 aromatic rings. The number of hydrogen-bond acceptors (Lipinski definition) is 3. The molecule has 0 aromatic heterocycles. The Labute approximate surface area is 105 Å². The monoisotopic (exact) mass is 265 g/mol. The van der Waals surface area contributed by atoms with Crippen LogP contribution in [0.4, 0.5) is 10.1 Å². The molecule has 3 nitrogen and oxygen atoms in total. The van der Waals surface area contributed by atoms with Crippen LogP contribution in [-0.4, -0.2) is 8.42 Å². The van der Waals surface area contributed by atoms with Crippen molar-refractivity contribution in [1.29, 1.82) is 0 Å². The number of benzene rings is 2. The molecule has 0 unspecified atom stereocenters. The summed E-state index contributed by atoms with van der Waals surface area (Å²) in [5, 5.41) is 0. The van der Waals surface area contributed by atoms with Gasteiger partial charge < -0.3 is 5.73 Å². The minimum absolute atomic E-state index is 0.298. The van der Waals surface area contributed by atoms with E-state index in [-0.39, 0.29) is 10.6 Å². The fraction of sp³-hybridized carbons (Fsp3) is 0.0769. The molecule has 94 valence electrons. The highest BCUT2D eigenvalue weighted by Gasteiger charge is 2.20. The SMILES string of the molecule is Nc1ccccc1CS(=O)(=O)c1ccccc1F. The fourth-order valence-electron chi connectivity index (χ4n) is 1.65. The van der Waals surface area contributed by atoms with Crippen LogP contribution in [0.2, 0.25) is 0 Å². The molecule has 0 fully saturated rings. The third-order valence-corrected chi connectivity index (χ3v) is 4.26. The molecule has 0 saturated carbocycles. The number of rotatable bonds is 3. The second-order valence-corrected chi connectivity index (χ2v) is 5.85. The van der Waals surface area contributed by atoms with Gasteiger partial charge in [-0.1, -0.05) is 30.3 Å². The Kier molecular flexibility index (Phi) is 3.34. The van der Waals surface area contributed by atoms with Crippen molar-refractivity contribution in [1.82, 2.24) is 0 Å². The first kappa shape index (κ1) is 12.6. The quantitative estimate of drug-likeness (QED) is 0.867. The van der Waals surface area contributed by atoms with Gasteiger partial charge >= 0.3 is 0 Å². The van der Waals surface area contributed by atoms with Crippen molar-refractivity contribution >= 4 is 15.5 Å². The Morgan fingerprint density at radius 3 is 2.28 bits per heavy atom. The molecule has 0 amide bonds. The average molecular weight is 265 g/mol. The van der Waals surface area contributed by atoms with E-state index < -0.39 is 15.7 Å². The molecule has 2 N–H and O–H groups in total. The first-order valence-electron chi connectivity index (χ1n) is 5.31. The highest BCUT2D eigenvalue weighted by molar-refractivity contribution is 7.90. The Balaban J connectivity index is 2.40. The lowest BCUT2D eigenvalue weighted by Gasteiger charge is -2.07. The number of halogens is 1. The molecule has 0 aliphatic heterocycles. The number of hydrogen-bond donors (Lipinski definition) is 1. The Morgan fingerprint density at radius 2 is 1.61 bits per heavy atom. The van der Waals surface area contributed by atoms with Crippen LogP contribution in [-0.2, 0) is 15.6 Å². The van der Waals surface area contributed by atoms with E-state index in [1.165, 1.54) is 18.2 Å². The summed E-state index contributed by atoms with van der Waals surface area (Å²) in [5.41, 5.74) is 6.55. The zero-order valence-electron chi connectivity index (χ0n) is 9.51. The maximum Gasteiger partial charge on any atom is 0.185 e. The van der Waals surface area contributed by atoms with Gasteiger partial charge in [-0.15, -0.1) is 0 Å². The predicted molar refractivity (Wildman–Crippen MR) is 68.1 cm³/mol. The van der Waals surface area contributed by atoms with Crippen molar-refractivity contribution in [2.75, 3.05) is 5.73 Å². The van der Waals surface area contributed by atoms with Gasteiger partial charge in [0.15, 0.2) is 9.84 Å². The molecule has 0 spiro atoms. The van der Waals surface area contributed by atoms with Crippen molar-refractivity contribution in [2.45, 2.75) is 10.6 Å². The Morgan fingerprint density at radius 1 is 1.00 bits per heavy atom. The largest absolute Gasteiger partial charge is 0.398 e. The van der Waals surface area contributed by atoms with Gasteiger partial charge in [0, 0.05) is 5.69 Å². The summed E-state index contributed by atoms with van der Waals surface area (Å²) in [5.74, 6) is -1.05. The molecular formula is C13H12FNO2S. The molecule has 0 radical (unpaired) electrons. The molecular weight excluding hydrogens is 253 g/mol. The molecule has 0 aliphatic carbocycles. The minimum Gasteiger partial charge on any atom is -0.398 e. The van der Waals surface area contributed by atoms with E-state index in [2.05, 4.69) is 0 Å². The van der Waals surface area contributed by atoms with Crippen LogP contribution < -0.4 is 5.73 Å². The summed E-state index contributed by atoms with van der Waals surface area (Å²) >= 11 is 0. The van der Waals surface area contributed by atoms with E-state index in [4.69, 9.17) is 5.73 Å². The van der Waals surface area contributed by atoms with Crippen LogP contribution >= 0.6 is 0 Å². The van der Waals surface area contributed by atoms with Crippen LogP contribution in [0, 0.1) is 5.82 Å². The second-order valence-electron chi connectivity index (χ2n) is 3.89. The average Bonchev–Trinajstić information content (AvgIpc) is 2.32. The van der Waals surface area contributed by atoms with Gasteiger partial charge in [-0.3, -0.25) is 0 Å². The summed E-state index contributed by atoms with van der Waals surface area (Å²) < 4.78 is 37.6. The Hall–Kier alpha value is -1.88. The van der Waals surface area contributed by atoms with Crippen LogP contribution in [0.3, 0.4) is 0 Å². The number of nitrogen functional groups attached to an aromatic ring is 1. The first-order chi connectivity index (χ1) is 8.50. The lowest BCUT2D eigenvalue weighted by Crippen LogP contribution is -2.08. The van der Waals surface area contributed by atoms with Crippen molar-refractivity contribution in [3.05, 3.63) is 59.9 Å². The zero-order chi connectivity index (χ0) is 13.2. The lowest BCUT2D eigenvalue weighted by molar-refractivity contribution is 0.566. The number of para-hydroxylation sites is 1. The van der Waals surface area contributed by atoms with Gasteiger partial charge in [0.25, 0.3) is 0 Å². The normalized spacial score (nSPS) is 11.4. The van der Waals surface area contributed by atoms with Gasteiger partial charge in [0.2, 0.25) is 0 Å². The maximum atomic E-state index is 13.5. The van der Waals surface area contributed by atoms with Crippen LogP contribution in [0.5, 0.6) is 0 Å². The van der Waals surface area contributed by atoms with Gasteiger partial charge in [-0.25, -0.2) is 12.8 Å². The lowest BCUT2D eigenvalue weighted by atomic mass is 10.2. The predicted octanol–water partition coefficient (Wildman–Crippen LogP) is 2.38. The highest BCUT2D eigenvalue weighted by Crippen LogP contribution is 2.21. The van der Waals surface area contributed by atoms with Crippen LogP contribution in [0.25, 0.3) is 0 Å². The number of nitrogens with two attached hydrogens (primary N) is 1. The van der Waals surface area contributed by atoms with Gasteiger partial charge in [0.1, 0.15) is 10.7 Å². The van der Waals surface area contributed by atoms with E-state index in [0.717, 1.165) is 6.07 Å². The van der Waals surface area contributed by atoms with E-state index >= 15 is 0 Å². The van der Waals surface area contributed by atoms with Crippen molar-refractivity contribution in [2.24, 2.45) is 0 Å². The summed E-state index contributed by atoms with van der Waals surface area (Å²) in [4.78, 5) is -0.298. The van der Waals surface area contributed by atoms with Gasteiger partial charge in [0.05, 0.1) is 5.75 Å². The van der Waals surface area contributed by atoms with Crippen molar-refractivity contribution in [3.63, 3.8) is 0 Å². The van der Waals surface area contributed by atoms with Crippen molar-refractivity contribution < 1.29 is 12.8 Å². The van der Waals surface area contributed by atoms with Crippen LogP contribution in [0.1, 0.15) is 5.56 Å². The third kappa shape index (κ3) is 2.51. The fourth-order valence-corrected chi connectivity index (χ4v) is 3.12. The molecule has 5 heteroatoms. The van der Waals surface area contributed by atoms with E-state index in [1.807, 2.05) is 0 Å². The summed E-state index contributed by atoms with van der Waals surface area (Å²) in [7, 11) is -3.72. The molecule has 0 aliphatic rings. The van der Waals surface area contributed by atoms with Gasteiger partial charge in [-0.05, 0) is 23.8 Å². The minimum atomic E-state index is -3.72. The molecule has 0 heterocycles. The summed E-state index contributed by atoms with van der Waals surface area (Å²) in [6.07, 6.45) is 0. The molecule has 0 atom stereocenters. The number of sulfone groups is 1. The number of anilines is 1. The molecule has 0 bridgehead atoms. The van der Waals surface area contributed by atoms with E-state index in [0.29, 0.717) is 11.3 Å². The zero-order valence-corrected chi connectivity index (χ0v) is 10.3. The van der Waals surface area contributed by atoms with E-state index in [9.17, 15) is 12.8 Å². The second kappa shape index (κ2) is 4.78. The van der Waals surface area contributed by atoms with Crippen LogP contribution in [0.15, 0.2) is 53.4 Å². The molecule has 2 aromatic carbocycles. The summed E-state index contributed by atoms with van der Waals surface area (Å²) in [6.45, 7) is 0. The molecule has 2 rings (SSSR count). The first-order valence-corrected chi connectivity index (χ1v) is 6.96. The molecule has 0 saturated heterocycles.